The number of fused-ring (bicyclic) bond motifs is 5. The molecule has 4 rings (SSSR count). The molecule has 0 bridgehead atoms. The Kier molecular flexibility index (Phi) is 5.55. The molecule has 30 heavy (non-hydrogen) atoms. The molecule has 9 atom stereocenters. The van der Waals surface area contributed by atoms with Crippen LogP contribution in [0.4, 0.5) is 0 Å². The SMILES string of the molecule is COC(=O)[C@@H](C)[C@H]1CC[C@@H]2[C@H]3CC[C@H]4C[C@H](OC(C)=O)CC[C@]4(C)[C@@H]3CC(=O)[C@]21C. The molecule has 5 nitrogen and oxygen atoms in total. The molecule has 4 aliphatic rings. The van der Waals surface area contributed by atoms with Crippen LogP contribution in [0.3, 0.4) is 0 Å². The van der Waals surface area contributed by atoms with Gasteiger partial charge in [0.15, 0.2) is 0 Å². The standard InChI is InChI=1S/C25H38O5/c1-14(23(28)29-5)19-8-9-20-18-7-6-16-12-17(30-15(2)26)10-11-24(16,3)21(18)13-22(27)25(19,20)4/h14,16-21H,6-13H2,1-5H3/t14-,16-,17+,18+,19+,20+,21+,24-,25-/m0/s1. The van der Waals surface area contributed by atoms with Crippen LogP contribution in [0.15, 0.2) is 0 Å². The first-order chi connectivity index (χ1) is 14.1. The summed E-state index contributed by atoms with van der Waals surface area (Å²) in [5.74, 6) is 1.77. The van der Waals surface area contributed by atoms with E-state index in [-0.39, 0.29) is 35.3 Å². The Balaban J connectivity index is 1.57. The molecule has 0 saturated heterocycles. The van der Waals surface area contributed by atoms with Gasteiger partial charge < -0.3 is 9.47 Å². The van der Waals surface area contributed by atoms with Crippen LogP contribution in [-0.2, 0) is 23.9 Å². The zero-order valence-corrected chi connectivity index (χ0v) is 19.2. The van der Waals surface area contributed by atoms with Gasteiger partial charge in [0.1, 0.15) is 11.9 Å². The van der Waals surface area contributed by atoms with E-state index >= 15 is 0 Å². The lowest BCUT2D eigenvalue weighted by Gasteiger charge is -2.60. The minimum absolute atomic E-state index is 0.0402. The van der Waals surface area contributed by atoms with Gasteiger partial charge in [-0.2, -0.15) is 0 Å². The average molecular weight is 419 g/mol. The van der Waals surface area contributed by atoms with Crippen molar-refractivity contribution in [2.24, 2.45) is 46.3 Å². The number of ketones is 1. The molecule has 0 aromatic rings. The molecule has 5 heteroatoms. The van der Waals surface area contributed by atoms with Gasteiger partial charge in [-0.25, -0.2) is 0 Å². The first-order valence-electron chi connectivity index (χ1n) is 11.9. The normalized spacial score (nSPS) is 46.2. The van der Waals surface area contributed by atoms with Gasteiger partial charge in [0.05, 0.1) is 13.0 Å². The number of carbonyl (C=O) groups is 3. The lowest BCUT2D eigenvalue weighted by atomic mass is 9.44. The maximum absolute atomic E-state index is 13.7. The number of carbonyl (C=O) groups excluding carboxylic acids is 3. The van der Waals surface area contributed by atoms with E-state index in [0.29, 0.717) is 35.9 Å². The number of rotatable bonds is 3. The Bertz CT molecular complexity index is 731. The summed E-state index contributed by atoms with van der Waals surface area (Å²) in [6.45, 7) is 7.99. The molecule has 0 radical (unpaired) electrons. The summed E-state index contributed by atoms with van der Waals surface area (Å²) in [5.41, 5.74) is -0.241. The van der Waals surface area contributed by atoms with Crippen molar-refractivity contribution in [3.8, 4) is 0 Å². The lowest BCUT2D eigenvalue weighted by molar-refractivity contribution is -0.168. The van der Waals surface area contributed by atoms with E-state index in [4.69, 9.17) is 9.47 Å². The lowest BCUT2D eigenvalue weighted by Crippen LogP contribution is -2.57. The van der Waals surface area contributed by atoms with Gasteiger partial charge in [0.25, 0.3) is 0 Å². The van der Waals surface area contributed by atoms with Crippen molar-refractivity contribution in [1.82, 2.24) is 0 Å². The zero-order chi connectivity index (χ0) is 21.8. The van der Waals surface area contributed by atoms with Crippen molar-refractivity contribution >= 4 is 17.7 Å². The van der Waals surface area contributed by atoms with E-state index in [9.17, 15) is 14.4 Å². The maximum Gasteiger partial charge on any atom is 0.308 e. The van der Waals surface area contributed by atoms with Crippen LogP contribution in [0.25, 0.3) is 0 Å². The highest BCUT2D eigenvalue weighted by Gasteiger charge is 2.64. The summed E-state index contributed by atoms with van der Waals surface area (Å²) in [7, 11) is 1.45. The summed E-state index contributed by atoms with van der Waals surface area (Å²) < 4.78 is 10.6. The van der Waals surface area contributed by atoms with Crippen molar-refractivity contribution in [1.29, 1.82) is 0 Å². The van der Waals surface area contributed by atoms with Gasteiger partial charge in [-0.05, 0) is 80.0 Å². The van der Waals surface area contributed by atoms with Gasteiger partial charge in [-0.3, -0.25) is 14.4 Å². The van der Waals surface area contributed by atoms with Crippen molar-refractivity contribution in [2.45, 2.75) is 85.2 Å². The third-order valence-electron chi connectivity index (χ3n) is 10.1. The maximum atomic E-state index is 13.7. The Morgan fingerprint density at radius 1 is 1.07 bits per heavy atom. The number of hydrogen-bond donors (Lipinski definition) is 0. The Hall–Kier alpha value is -1.39. The monoisotopic (exact) mass is 418 g/mol. The summed E-state index contributed by atoms with van der Waals surface area (Å²) in [6.07, 6.45) is 7.89. The highest BCUT2D eigenvalue weighted by atomic mass is 16.5. The van der Waals surface area contributed by atoms with E-state index < -0.39 is 5.41 Å². The molecule has 0 unspecified atom stereocenters. The van der Waals surface area contributed by atoms with Gasteiger partial charge in [-0.15, -0.1) is 0 Å². The van der Waals surface area contributed by atoms with Crippen molar-refractivity contribution in [3.63, 3.8) is 0 Å². The van der Waals surface area contributed by atoms with Gasteiger partial charge in [0.2, 0.25) is 0 Å². The van der Waals surface area contributed by atoms with E-state index in [1.165, 1.54) is 14.0 Å². The van der Waals surface area contributed by atoms with Crippen LogP contribution < -0.4 is 0 Å². The van der Waals surface area contributed by atoms with E-state index in [0.717, 1.165) is 44.9 Å². The minimum Gasteiger partial charge on any atom is -0.469 e. The molecule has 0 aromatic heterocycles. The molecular weight excluding hydrogens is 380 g/mol. The summed E-state index contributed by atoms with van der Waals surface area (Å²) >= 11 is 0. The second kappa shape index (κ2) is 7.63. The largest absolute Gasteiger partial charge is 0.469 e. The highest BCUT2D eigenvalue weighted by molar-refractivity contribution is 5.88. The molecule has 0 aromatic carbocycles. The topological polar surface area (TPSA) is 69.7 Å². The third-order valence-corrected chi connectivity index (χ3v) is 10.1. The molecule has 4 fully saturated rings. The first kappa shape index (κ1) is 21.8. The fourth-order valence-electron chi connectivity index (χ4n) is 8.45. The zero-order valence-electron chi connectivity index (χ0n) is 19.2. The van der Waals surface area contributed by atoms with Crippen molar-refractivity contribution in [3.05, 3.63) is 0 Å². The molecule has 0 spiro atoms. The number of ether oxygens (including phenoxy) is 2. The predicted molar refractivity (Wildman–Crippen MR) is 112 cm³/mol. The van der Waals surface area contributed by atoms with Crippen LogP contribution in [0.2, 0.25) is 0 Å². The van der Waals surface area contributed by atoms with Gasteiger partial charge >= 0.3 is 11.9 Å². The first-order valence-corrected chi connectivity index (χ1v) is 11.9. The number of hydrogen-bond acceptors (Lipinski definition) is 5. The Morgan fingerprint density at radius 2 is 1.80 bits per heavy atom. The fourth-order valence-corrected chi connectivity index (χ4v) is 8.45. The molecule has 168 valence electrons. The molecule has 4 aliphatic carbocycles. The van der Waals surface area contributed by atoms with E-state index in [2.05, 4.69) is 13.8 Å². The molecule has 0 aliphatic heterocycles. The molecule has 0 amide bonds. The second-order valence-corrected chi connectivity index (χ2v) is 11.1. The minimum atomic E-state index is -0.396. The molecule has 0 heterocycles. The Morgan fingerprint density at radius 3 is 2.47 bits per heavy atom. The molecular formula is C25H38O5. The van der Waals surface area contributed by atoms with Crippen LogP contribution in [-0.4, -0.2) is 30.9 Å². The van der Waals surface area contributed by atoms with E-state index in [1.807, 2.05) is 6.92 Å². The highest BCUT2D eigenvalue weighted by Crippen LogP contribution is 2.67. The summed E-state index contributed by atoms with van der Waals surface area (Å²) in [4.78, 5) is 37.4. The van der Waals surface area contributed by atoms with Crippen molar-refractivity contribution in [2.75, 3.05) is 7.11 Å². The predicted octanol–water partition coefficient (Wildman–Crippen LogP) is 4.57. The third kappa shape index (κ3) is 3.14. The van der Waals surface area contributed by atoms with Crippen LogP contribution >= 0.6 is 0 Å². The number of methoxy groups -OCH3 is 1. The summed E-state index contributed by atoms with van der Waals surface area (Å²) in [5, 5.41) is 0. The van der Waals surface area contributed by atoms with Gasteiger partial charge in [-0.1, -0.05) is 20.8 Å². The van der Waals surface area contributed by atoms with Crippen LogP contribution in [0.1, 0.15) is 79.1 Å². The molecule has 4 saturated carbocycles. The molecule has 0 N–H and O–H groups in total. The quantitative estimate of drug-likeness (QED) is 0.628. The average Bonchev–Trinajstić information content (AvgIpc) is 3.06. The van der Waals surface area contributed by atoms with E-state index in [1.54, 1.807) is 0 Å². The van der Waals surface area contributed by atoms with Crippen LogP contribution in [0.5, 0.6) is 0 Å². The summed E-state index contributed by atoms with van der Waals surface area (Å²) in [6, 6.07) is 0. The van der Waals surface area contributed by atoms with Crippen LogP contribution in [0, 0.1) is 46.3 Å². The second-order valence-electron chi connectivity index (χ2n) is 11.1. The number of esters is 2. The smallest absolute Gasteiger partial charge is 0.308 e. The fraction of sp³-hybridized carbons (Fsp3) is 0.880. The number of Topliss-reactive ketones (excluding diaryl/α,β-unsaturated/α-hetero) is 1. The Labute approximate surface area is 180 Å². The van der Waals surface area contributed by atoms with Gasteiger partial charge in [0, 0.05) is 18.8 Å². The van der Waals surface area contributed by atoms with Crippen molar-refractivity contribution < 1.29 is 23.9 Å².